The van der Waals surface area contributed by atoms with Crippen molar-refractivity contribution >= 4 is 23.9 Å². The highest BCUT2D eigenvalue weighted by Crippen LogP contribution is 2.35. The van der Waals surface area contributed by atoms with E-state index in [1.54, 1.807) is 0 Å². The Bertz CT molecular complexity index is 593. The van der Waals surface area contributed by atoms with Crippen LogP contribution in [0.5, 0.6) is 0 Å². The molecule has 0 aliphatic carbocycles. The summed E-state index contributed by atoms with van der Waals surface area (Å²) < 4.78 is 19.4. The van der Waals surface area contributed by atoms with E-state index in [1.165, 1.54) is 28.4 Å². The molecule has 0 atom stereocenters. The fraction of sp³-hybridized carbons (Fsp3) is 0.727. The van der Waals surface area contributed by atoms with Gasteiger partial charge in [-0.25, -0.2) is 0 Å². The van der Waals surface area contributed by atoms with Crippen LogP contribution < -0.4 is 0 Å². The molecular weight excluding hydrogens is 392 g/mol. The van der Waals surface area contributed by atoms with Gasteiger partial charge in [-0.05, 0) is 24.7 Å². The molecule has 0 rings (SSSR count). The molecule has 0 aliphatic heterocycles. The molecule has 0 aromatic carbocycles. The van der Waals surface area contributed by atoms with Gasteiger partial charge in [0.15, 0.2) is 10.8 Å². The number of ether oxygens (including phenoxy) is 4. The van der Waals surface area contributed by atoms with E-state index >= 15 is 0 Å². The highest BCUT2D eigenvalue weighted by atomic mass is 16.6. The van der Waals surface area contributed by atoms with Gasteiger partial charge in [0.05, 0.1) is 28.4 Å². The van der Waals surface area contributed by atoms with E-state index in [9.17, 15) is 19.2 Å². The summed E-state index contributed by atoms with van der Waals surface area (Å²) in [6.07, 6.45) is -0.00635. The summed E-state index contributed by atoms with van der Waals surface area (Å²) in [4.78, 5) is 49.9. The second kappa shape index (κ2) is 12.2. The zero-order valence-corrected chi connectivity index (χ0v) is 19.2. The minimum atomic E-state index is -1.60. The number of carbonyl (C=O) groups excluding carboxylic acids is 4. The first-order valence-corrected chi connectivity index (χ1v) is 9.76. The summed E-state index contributed by atoms with van der Waals surface area (Å²) in [5, 5.41) is 0. The Morgan fingerprint density at radius 2 is 0.833 bits per heavy atom. The van der Waals surface area contributed by atoms with Crippen molar-refractivity contribution in [1.29, 1.82) is 0 Å². The molecule has 0 unspecified atom stereocenters. The minimum Gasteiger partial charge on any atom is -0.468 e. The largest absolute Gasteiger partial charge is 0.468 e. The second-order valence-electron chi connectivity index (χ2n) is 8.03. The molecule has 0 spiro atoms. The van der Waals surface area contributed by atoms with Gasteiger partial charge in [0.1, 0.15) is 0 Å². The Balaban J connectivity index is 6.08. The lowest BCUT2D eigenvalue weighted by molar-refractivity contribution is -0.172. The lowest BCUT2D eigenvalue weighted by atomic mass is 9.76. The smallest absolute Gasteiger partial charge is 0.324 e. The van der Waals surface area contributed by atoms with Crippen molar-refractivity contribution in [3.8, 4) is 11.8 Å². The van der Waals surface area contributed by atoms with Crippen molar-refractivity contribution in [3.05, 3.63) is 0 Å². The molecular formula is C22H34O8. The molecule has 0 aromatic heterocycles. The lowest BCUT2D eigenvalue weighted by Crippen LogP contribution is -2.42. The molecule has 0 fully saturated rings. The Morgan fingerprint density at radius 1 is 0.600 bits per heavy atom. The average Bonchev–Trinajstić information content (AvgIpc) is 2.71. The molecule has 0 radical (unpaired) electrons. The van der Waals surface area contributed by atoms with Crippen LogP contribution in [0.3, 0.4) is 0 Å². The van der Waals surface area contributed by atoms with Crippen LogP contribution in [0.15, 0.2) is 0 Å². The summed E-state index contributed by atoms with van der Waals surface area (Å²) >= 11 is 0. The fourth-order valence-electron chi connectivity index (χ4n) is 3.54. The number of hydrogen-bond acceptors (Lipinski definition) is 8. The monoisotopic (exact) mass is 426 g/mol. The third kappa shape index (κ3) is 6.48. The van der Waals surface area contributed by atoms with Gasteiger partial charge in [0.25, 0.3) is 0 Å². The van der Waals surface area contributed by atoms with Crippen LogP contribution >= 0.6 is 0 Å². The number of hydrogen-bond donors (Lipinski definition) is 0. The van der Waals surface area contributed by atoms with Crippen LogP contribution in [0.25, 0.3) is 0 Å². The second-order valence-corrected chi connectivity index (χ2v) is 8.03. The zero-order valence-electron chi connectivity index (χ0n) is 19.2. The minimum absolute atomic E-state index is 0.0184. The van der Waals surface area contributed by atoms with Crippen molar-refractivity contribution in [1.82, 2.24) is 0 Å². The normalized spacial score (nSPS) is 11.4. The molecule has 0 heterocycles. The van der Waals surface area contributed by atoms with Gasteiger partial charge in [-0.3, -0.25) is 19.2 Å². The molecule has 30 heavy (non-hydrogen) atoms. The van der Waals surface area contributed by atoms with E-state index in [1.807, 2.05) is 27.7 Å². The zero-order chi connectivity index (χ0) is 23.5. The van der Waals surface area contributed by atoms with Crippen LogP contribution in [-0.4, -0.2) is 52.3 Å². The molecule has 0 saturated heterocycles. The van der Waals surface area contributed by atoms with Gasteiger partial charge < -0.3 is 18.9 Å². The van der Waals surface area contributed by atoms with E-state index in [4.69, 9.17) is 18.9 Å². The molecule has 0 saturated carbocycles. The van der Waals surface area contributed by atoms with E-state index in [-0.39, 0.29) is 37.5 Å². The van der Waals surface area contributed by atoms with Crippen LogP contribution in [0.1, 0.15) is 53.4 Å². The first kappa shape index (κ1) is 27.4. The Morgan fingerprint density at radius 3 is 1.00 bits per heavy atom. The summed E-state index contributed by atoms with van der Waals surface area (Å²) in [5.74, 6) is 2.55. The molecule has 170 valence electrons. The number of carbonyl (C=O) groups is 4. The summed E-state index contributed by atoms with van der Waals surface area (Å²) in [5.41, 5.74) is -3.19. The summed E-state index contributed by atoms with van der Waals surface area (Å²) in [6, 6.07) is 0. The van der Waals surface area contributed by atoms with Crippen molar-refractivity contribution < 1.29 is 38.1 Å². The third-order valence-electron chi connectivity index (χ3n) is 4.72. The predicted molar refractivity (Wildman–Crippen MR) is 109 cm³/mol. The van der Waals surface area contributed by atoms with Crippen LogP contribution in [-0.2, 0) is 38.1 Å². The van der Waals surface area contributed by atoms with Gasteiger partial charge in [0, 0.05) is 12.8 Å². The molecule has 0 N–H and O–H groups in total. The first-order valence-electron chi connectivity index (χ1n) is 9.76. The van der Waals surface area contributed by atoms with Crippen LogP contribution in [0, 0.1) is 34.5 Å². The Labute approximate surface area is 179 Å². The molecule has 8 nitrogen and oxygen atoms in total. The van der Waals surface area contributed by atoms with E-state index in [0.29, 0.717) is 0 Å². The van der Waals surface area contributed by atoms with Crippen LogP contribution in [0.2, 0.25) is 0 Å². The van der Waals surface area contributed by atoms with E-state index < -0.39 is 34.7 Å². The maximum Gasteiger partial charge on any atom is 0.324 e. The van der Waals surface area contributed by atoms with Gasteiger partial charge in [-0.1, -0.05) is 27.7 Å². The van der Waals surface area contributed by atoms with E-state index in [2.05, 4.69) is 11.8 Å². The Hall–Kier alpha value is -2.56. The standard InChI is InChI=1S/C22H34O8/c1-15(2)13-21(17(23)27-5,18(24)28-6)11-9-10-12-22(14-16(3)4,19(25)29-7)20(26)30-8/h15-16H,11-14H2,1-8H3. The number of esters is 4. The Kier molecular flexibility index (Phi) is 11.2. The maximum absolute atomic E-state index is 12.5. The van der Waals surface area contributed by atoms with Gasteiger partial charge in [-0.2, -0.15) is 0 Å². The van der Waals surface area contributed by atoms with Crippen molar-refractivity contribution in [3.63, 3.8) is 0 Å². The molecule has 0 aliphatic rings. The van der Waals surface area contributed by atoms with Crippen molar-refractivity contribution in [2.45, 2.75) is 53.4 Å². The number of methoxy groups -OCH3 is 4. The third-order valence-corrected chi connectivity index (χ3v) is 4.72. The maximum atomic E-state index is 12.5. The fourth-order valence-corrected chi connectivity index (χ4v) is 3.54. The predicted octanol–water partition coefficient (Wildman–Crippen LogP) is 2.53. The summed E-state index contributed by atoms with van der Waals surface area (Å²) in [7, 11) is 4.76. The SMILES string of the molecule is COC(=O)C(CC#CCC(CC(C)C)(C(=O)OC)C(=O)OC)(CC(C)C)C(=O)OC. The quantitative estimate of drug-likeness (QED) is 0.227. The van der Waals surface area contributed by atoms with Crippen LogP contribution in [0.4, 0.5) is 0 Å². The van der Waals surface area contributed by atoms with Gasteiger partial charge in [0.2, 0.25) is 0 Å². The lowest BCUT2D eigenvalue weighted by Gasteiger charge is -2.28. The first-order chi connectivity index (χ1) is 14.0. The molecule has 0 bridgehead atoms. The highest BCUT2D eigenvalue weighted by molar-refractivity contribution is 6.01. The van der Waals surface area contributed by atoms with Gasteiger partial charge >= 0.3 is 23.9 Å². The highest BCUT2D eigenvalue weighted by Gasteiger charge is 2.49. The topological polar surface area (TPSA) is 105 Å². The summed E-state index contributed by atoms with van der Waals surface area (Å²) in [6.45, 7) is 7.43. The van der Waals surface area contributed by atoms with Gasteiger partial charge in [-0.15, -0.1) is 11.8 Å². The molecule has 0 amide bonds. The molecule has 0 aromatic rings. The molecule has 8 heteroatoms. The number of rotatable bonds is 10. The van der Waals surface area contributed by atoms with Crippen molar-refractivity contribution in [2.75, 3.05) is 28.4 Å². The van der Waals surface area contributed by atoms with E-state index in [0.717, 1.165) is 0 Å². The average molecular weight is 427 g/mol. The van der Waals surface area contributed by atoms with Crippen molar-refractivity contribution in [2.24, 2.45) is 22.7 Å².